The Kier molecular flexibility index (Phi) is 8.41. The molecule has 7 rings (SSSR count). The van der Waals surface area contributed by atoms with Crippen LogP contribution in [0.1, 0.15) is 119 Å². The minimum absolute atomic E-state index is 0.0148. The van der Waals surface area contributed by atoms with Gasteiger partial charge in [0.25, 0.3) is 0 Å². The molecule has 5 nitrogen and oxygen atoms in total. The highest BCUT2D eigenvalue weighted by molar-refractivity contribution is 5.78. The standard InChI is InChI=1S/C43H62N2O3/c1-8-29-17-24-43(44)26-25-40(6)32(36(29)43)13-14-34-39(5)20-18-31(38(3,4)33(39)19-21-41(34,40)7)30-15-22-42(23-16-30,37(46)47-9-2)28-48-35-12-10-11-27-45-35/h8,10-12,15,18,27,29,32-34,36H,1,9,13-14,16-17,19-26,28,44H2,2-7H3/t29-,32-,33+,34-,36-,39+,40-,41-,42?,43+/m1/s1. The molecule has 4 saturated carbocycles. The molecule has 6 aliphatic rings. The van der Waals surface area contributed by atoms with Crippen molar-refractivity contribution >= 4 is 5.97 Å². The van der Waals surface area contributed by atoms with Gasteiger partial charge in [0.15, 0.2) is 0 Å². The fourth-order valence-corrected chi connectivity index (χ4v) is 13.6. The summed E-state index contributed by atoms with van der Waals surface area (Å²) in [7, 11) is 0. The minimum atomic E-state index is -0.684. The Morgan fingerprint density at radius 2 is 1.77 bits per heavy atom. The topological polar surface area (TPSA) is 74.4 Å². The van der Waals surface area contributed by atoms with Crippen molar-refractivity contribution in [3.8, 4) is 5.88 Å². The van der Waals surface area contributed by atoms with Gasteiger partial charge in [-0.15, -0.1) is 6.58 Å². The molecule has 0 spiro atoms. The molecule has 1 aromatic heterocycles. The number of allylic oxidation sites excluding steroid dienone is 5. The van der Waals surface area contributed by atoms with Crippen molar-refractivity contribution < 1.29 is 14.3 Å². The number of carbonyl (C=O) groups is 1. The molecule has 0 aliphatic heterocycles. The van der Waals surface area contributed by atoms with E-state index in [2.05, 4.69) is 64.4 Å². The van der Waals surface area contributed by atoms with Crippen LogP contribution in [0.5, 0.6) is 5.88 Å². The van der Waals surface area contributed by atoms with E-state index in [1.54, 1.807) is 6.20 Å². The summed E-state index contributed by atoms with van der Waals surface area (Å²) < 4.78 is 11.7. The summed E-state index contributed by atoms with van der Waals surface area (Å²) in [4.78, 5) is 17.7. The number of rotatable bonds is 7. The van der Waals surface area contributed by atoms with Crippen LogP contribution in [0.3, 0.4) is 0 Å². The van der Waals surface area contributed by atoms with Gasteiger partial charge in [-0.2, -0.15) is 0 Å². The maximum absolute atomic E-state index is 13.4. The zero-order valence-electron chi connectivity index (χ0n) is 30.8. The molecule has 2 N–H and O–H groups in total. The molecule has 1 unspecified atom stereocenters. The molecular formula is C43H62N2O3. The number of aromatic nitrogens is 1. The van der Waals surface area contributed by atoms with E-state index in [1.807, 2.05) is 25.1 Å². The van der Waals surface area contributed by atoms with Crippen LogP contribution in [0, 0.1) is 56.7 Å². The normalized spacial score (nSPS) is 44.5. The molecule has 1 heterocycles. The molecule has 1 aromatic rings. The predicted molar refractivity (Wildman–Crippen MR) is 193 cm³/mol. The Balaban J connectivity index is 1.15. The number of nitrogens with zero attached hydrogens (tertiary/aromatic N) is 1. The lowest BCUT2D eigenvalue weighted by molar-refractivity contribution is -0.218. The first kappa shape index (κ1) is 34.1. The highest BCUT2D eigenvalue weighted by Gasteiger charge is 2.69. The molecule has 48 heavy (non-hydrogen) atoms. The second-order valence-electron chi connectivity index (χ2n) is 18.3. The van der Waals surface area contributed by atoms with E-state index in [4.69, 9.17) is 15.2 Å². The van der Waals surface area contributed by atoms with Crippen molar-refractivity contribution in [2.24, 2.45) is 62.4 Å². The van der Waals surface area contributed by atoms with Crippen LogP contribution in [-0.4, -0.2) is 29.7 Å². The average molecular weight is 655 g/mol. The lowest BCUT2D eigenvalue weighted by atomic mass is 9.33. The lowest BCUT2D eigenvalue weighted by Gasteiger charge is -2.72. The highest BCUT2D eigenvalue weighted by atomic mass is 16.5. The average Bonchev–Trinajstić information content (AvgIpc) is 3.41. The number of hydrogen-bond acceptors (Lipinski definition) is 5. The van der Waals surface area contributed by atoms with E-state index in [0.29, 0.717) is 53.4 Å². The second kappa shape index (κ2) is 11.8. The third-order valence-electron chi connectivity index (χ3n) is 16.2. The Labute approximate surface area is 290 Å². The van der Waals surface area contributed by atoms with Crippen LogP contribution in [0.25, 0.3) is 0 Å². The molecule has 4 fully saturated rings. The summed E-state index contributed by atoms with van der Waals surface area (Å²) in [5.41, 5.74) is 10.6. The number of ether oxygens (including phenoxy) is 2. The molecule has 0 amide bonds. The van der Waals surface area contributed by atoms with E-state index in [9.17, 15) is 4.79 Å². The maximum Gasteiger partial charge on any atom is 0.315 e. The number of fused-ring (bicyclic) bond motifs is 7. The van der Waals surface area contributed by atoms with Crippen molar-refractivity contribution in [2.45, 2.75) is 124 Å². The minimum Gasteiger partial charge on any atom is -0.476 e. The Morgan fingerprint density at radius 3 is 2.46 bits per heavy atom. The molecular weight excluding hydrogens is 592 g/mol. The summed E-state index contributed by atoms with van der Waals surface area (Å²) in [6, 6.07) is 5.64. The van der Waals surface area contributed by atoms with E-state index < -0.39 is 5.41 Å². The molecule has 5 heteroatoms. The number of hydrogen-bond donors (Lipinski definition) is 1. The van der Waals surface area contributed by atoms with Gasteiger partial charge >= 0.3 is 5.97 Å². The van der Waals surface area contributed by atoms with Gasteiger partial charge in [0, 0.05) is 17.8 Å². The largest absolute Gasteiger partial charge is 0.476 e. The smallest absolute Gasteiger partial charge is 0.315 e. The number of esters is 1. The first-order chi connectivity index (χ1) is 22.8. The van der Waals surface area contributed by atoms with Crippen molar-refractivity contribution in [3.05, 3.63) is 60.3 Å². The van der Waals surface area contributed by atoms with Gasteiger partial charge in [-0.1, -0.05) is 58.9 Å². The third kappa shape index (κ3) is 4.86. The van der Waals surface area contributed by atoms with Gasteiger partial charge in [0.05, 0.1) is 6.61 Å². The van der Waals surface area contributed by atoms with E-state index in [1.165, 1.54) is 62.5 Å². The predicted octanol–water partition coefficient (Wildman–Crippen LogP) is 9.64. The van der Waals surface area contributed by atoms with E-state index in [0.717, 1.165) is 25.2 Å². The maximum atomic E-state index is 13.4. The van der Waals surface area contributed by atoms with Gasteiger partial charge in [-0.25, -0.2) is 4.98 Å². The van der Waals surface area contributed by atoms with Crippen LogP contribution in [0.4, 0.5) is 0 Å². The fourth-order valence-electron chi connectivity index (χ4n) is 13.6. The van der Waals surface area contributed by atoms with Crippen molar-refractivity contribution in [1.29, 1.82) is 0 Å². The van der Waals surface area contributed by atoms with Gasteiger partial charge in [-0.3, -0.25) is 4.79 Å². The van der Waals surface area contributed by atoms with Gasteiger partial charge in [0.2, 0.25) is 5.88 Å². The van der Waals surface area contributed by atoms with Crippen LogP contribution in [0.15, 0.2) is 60.3 Å². The zero-order valence-corrected chi connectivity index (χ0v) is 30.8. The van der Waals surface area contributed by atoms with Crippen molar-refractivity contribution in [1.82, 2.24) is 4.98 Å². The van der Waals surface area contributed by atoms with Gasteiger partial charge < -0.3 is 15.2 Å². The van der Waals surface area contributed by atoms with Gasteiger partial charge in [-0.05, 0) is 152 Å². The summed E-state index contributed by atoms with van der Waals surface area (Å²) in [6.07, 6.45) is 22.5. The lowest BCUT2D eigenvalue weighted by Crippen LogP contribution is -2.67. The van der Waals surface area contributed by atoms with Crippen LogP contribution in [-0.2, 0) is 9.53 Å². The molecule has 262 valence electrons. The third-order valence-corrected chi connectivity index (χ3v) is 16.2. The molecule has 0 radical (unpaired) electrons. The van der Waals surface area contributed by atoms with E-state index >= 15 is 0 Å². The Morgan fingerprint density at radius 1 is 0.958 bits per heavy atom. The van der Waals surface area contributed by atoms with Crippen LogP contribution in [0.2, 0.25) is 0 Å². The number of nitrogens with two attached hydrogens (primary N) is 1. The first-order valence-electron chi connectivity index (χ1n) is 19.3. The van der Waals surface area contributed by atoms with Crippen LogP contribution < -0.4 is 10.5 Å². The highest BCUT2D eigenvalue weighted by Crippen LogP contribution is 2.76. The van der Waals surface area contributed by atoms with Gasteiger partial charge in [0.1, 0.15) is 12.0 Å². The quantitative estimate of drug-likeness (QED) is 0.234. The molecule has 0 aromatic carbocycles. The second-order valence-corrected chi connectivity index (χ2v) is 18.3. The summed E-state index contributed by atoms with van der Waals surface area (Å²) >= 11 is 0. The molecule has 10 atom stereocenters. The summed E-state index contributed by atoms with van der Waals surface area (Å²) in [5.74, 6) is 3.65. The number of pyridine rings is 1. The van der Waals surface area contributed by atoms with Crippen molar-refractivity contribution in [2.75, 3.05) is 13.2 Å². The monoisotopic (exact) mass is 654 g/mol. The fraction of sp³-hybridized carbons (Fsp3) is 0.721. The Hall–Kier alpha value is -2.40. The molecule has 0 saturated heterocycles. The van der Waals surface area contributed by atoms with Crippen LogP contribution >= 0.6 is 0 Å². The van der Waals surface area contributed by atoms with Crippen molar-refractivity contribution in [3.63, 3.8) is 0 Å². The SMILES string of the molecule is C=C[C@@H]1CC[C@]2(N)CC[C@]3(C)[C@H](CC[C@@H]4[C@@]5(C)CC=C(C6=CCC(COc7ccccn7)(C(=O)OCC)CC6)C(C)(C)[C@@H]5CC[C@]43C)[C@@H]12. The summed E-state index contributed by atoms with van der Waals surface area (Å²) in [6.45, 7) is 20.0. The first-order valence-corrected chi connectivity index (χ1v) is 19.3. The zero-order chi connectivity index (χ0) is 34.2. The van der Waals surface area contributed by atoms with E-state index in [-0.39, 0.29) is 28.9 Å². The molecule has 6 aliphatic carbocycles. The molecule has 0 bridgehead atoms. The summed E-state index contributed by atoms with van der Waals surface area (Å²) in [5, 5.41) is 0. The number of carbonyl (C=O) groups excluding carboxylic acids is 1. The Bertz CT molecular complexity index is 1480.